The number of amides is 1. The number of carbonyl (C=O) groups is 1. The van der Waals surface area contributed by atoms with Crippen molar-refractivity contribution in [3.05, 3.63) is 36.0 Å². The Kier molecular flexibility index (Phi) is 5.27. The molecule has 0 radical (unpaired) electrons. The smallest absolute Gasteiger partial charge is 0.407 e. The molecular weight excluding hydrogens is 362 g/mol. The summed E-state index contributed by atoms with van der Waals surface area (Å²) in [5.74, 6) is 1.74. The number of nitrogens with zero attached hydrogens (tertiary/aromatic N) is 6. The largest absolute Gasteiger partial charge is 0.494 e. The van der Waals surface area contributed by atoms with Gasteiger partial charge in [-0.3, -0.25) is 0 Å². The van der Waals surface area contributed by atoms with Crippen molar-refractivity contribution >= 4 is 17.0 Å². The van der Waals surface area contributed by atoms with Gasteiger partial charge < -0.3 is 14.7 Å². The van der Waals surface area contributed by atoms with Crippen molar-refractivity contribution in [3.8, 4) is 5.75 Å². The number of fused-ring (bicyclic) bond motifs is 1. The molecule has 0 atom stereocenters. The summed E-state index contributed by atoms with van der Waals surface area (Å²) in [6.45, 7) is 1.62. The second-order valence-electron chi connectivity index (χ2n) is 6.78. The molecule has 0 aliphatic carbocycles. The fourth-order valence-corrected chi connectivity index (χ4v) is 3.53. The fourth-order valence-electron chi connectivity index (χ4n) is 3.53. The molecule has 4 rings (SSSR count). The molecule has 146 valence electrons. The molecule has 0 unspecified atom stereocenters. The number of aryl methyl sites for hydroxylation is 1. The van der Waals surface area contributed by atoms with Gasteiger partial charge in [-0.1, -0.05) is 0 Å². The topological polar surface area (TPSA) is 130 Å². The lowest BCUT2D eigenvalue weighted by molar-refractivity contribution is 0.132. The Hall–Kier alpha value is -3.30. The molecular formula is C18H21N7O3. The lowest BCUT2D eigenvalue weighted by atomic mass is 9.91. The highest BCUT2D eigenvalue weighted by Gasteiger charge is 2.25. The highest BCUT2D eigenvalue weighted by molar-refractivity contribution is 5.82. The number of hydrogen-bond donors (Lipinski definition) is 2. The van der Waals surface area contributed by atoms with Crippen molar-refractivity contribution in [3.63, 3.8) is 0 Å². The first-order valence-electron chi connectivity index (χ1n) is 9.28. The van der Waals surface area contributed by atoms with Crippen molar-refractivity contribution in [1.82, 2.24) is 35.5 Å². The van der Waals surface area contributed by atoms with Crippen LogP contribution < -0.4 is 4.74 Å². The molecule has 1 aromatic carbocycles. The summed E-state index contributed by atoms with van der Waals surface area (Å²) >= 11 is 0. The highest BCUT2D eigenvalue weighted by atomic mass is 16.5. The molecule has 2 aromatic heterocycles. The number of hydrogen-bond acceptors (Lipinski definition) is 7. The minimum Gasteiger partial charge on any atom is -0.494 e. The van der Waals surface area contributed by atoms with Crippen LogP contribution in [0.3, 0.4) is 0 Å². The quantitative estimate of drug-likeness (QED) is 0.618. The maximum atomic E-state index is 11.1. The van der Waals surface area contributed by atoms with E-state index >= 15 is 0 Å². The SMILES string of the molecule is O=C(O)N1CCC(c2ncnc3cc(OCCCc4nnn[nH]4)ccc23)CC1. The Morgan fingerprint density at radius 3 is 2.89 bits per heavy atom. The standard InChI is InChI=1S/C18H21N7O3/c26-18(27)25-7-5-12(6-8-25)17-14-4-3-13(10-15(14)19-11-20-17)28-9-1-2-16-21-23-24-22-16/h3-4,10-12H,1-2,5-9H2,(H,26,27)(H,21,22,23,24). The average molecular weight is 383 g/mol. The first kappa shape index (κ1) is 18.1. The first-order chi connectivity index (χ1) is 13.7. The van der Waals surface area contributed by atoms with Gasteiger partial charge in [0, 0.05) is 36.9 Å². The van der Waals surface area contributed by atoms with E-state index in [0.29, 0.717) is 19.7 Å². The van der Waals surface area contributed by atoms with Gasteiger partial charge in [-0.2, -0.15) is 0 Å². The lowest BCUT2D eigenvalue weighted by Crippen LogP contribution is -2.37. The van der Waals surface area contributed by atoms with E-state index in [1.54, 1.807) is 6.33 Å². The van der Waals surface area contributed by atoms with Gasteiger partial charge in [-0.05, 0) is 41.8 Å². The van der Waals surface area contributed by atoms with Crippen molar-refractivity contribution in [2.75, 3.05) is 19.7 Å². The Morgan fingerprint density at radius 2 is 2.14 bits per heavy atom. The second-order valence-corrected chi connectivity index (χ2v) is 6.78. The van der Waals surface area contributed by atoms with Crippen molar-refractivity contribution in [2.45, 2.75) is 31.6 Å². The van der Waals surface area contributed by atoms with Crippen LogP contribution in [0.1, 0.15) is 36.7 Å². The number of H-pyrrole nitrogens is 1. The molecule has 0 saturated carbocycles. The summed E-state index contributed by atoms with van der Waals surface area (Å²) in [5.41, 5.74) is 1.82. The second kappa shape index (κ2) is 8.15. The zero-order valence-corrected chi connectivity index (χ0v) is 15.3. The van der Waals surface area contributed by atoms with Crippen LogP contribution in [0.2, 0.25) is 0 Å². The Balaban J connectivity index is 1.40. The molecule has 10 heteroatoms. The van der Waals surface area contributed by atoms with Gasteiger partial charge in [0.2, 0.25) is 0 Å². The number of carboxylic acid groups (broad SMARTS) is 1. The third-order valence-electron chi connectivity index (χ3n) is 5.01. The number of piperidine rings is 1. The normalized spacial score (nSPS) is 15.1. The van der Waals surface area contributed by atoms with Crippen LogP contribution in [-0.2, 0) is 6.42 Å². The summed E-state index contributed by atoms with van der Waals surface area (Å²) in [6.07, 6.45) is 3.78. The number of nitrogens with one attached hydrogen (secondary N) is 1. The molecule has 1 amide bonds. The van der Waals surface area contributed by atoms with Crippen molar-refractivity contribution in [1.29, 1.82) is 0 Å². The molecule has 1 aliphatic rings. The number of rotatable bonds is 6. The Morgan fingerprint density at radius 1 is 1.29 bits per heavy atom. The van der Waals surface area contributed by atoms with E-state index in [1.807, 2.05) is 18.2 Å². The number of tetrazole rings is 1. The Bertz CT molecular complexity index is 940. The fraction of sp³-hybridized carbons (Fsp3) is 0.444. The predicted molar refractivity (Wildman–Crippen MR) is 99.1 cm³/mol. The van der Waals surface area contributed by atoms with Gasteiger partial charge in [-0.25, -0.2) is 19.9 Å². The maximum Gasteiger partial charge on any atom is 0.407 e. The monoisotopic (exact) mass is 383 g/mol. The van der Waals surface area contributed by atoms with Crippen molar-refractivity contribution < 1.29 is 14.6 Å². The van der Waals surface area contributed by atoms with Gasteiger partial charge in [0.1, 0.15) is 17.9 Å². The molecule has 10 nitrogen and oxygen atoms in total. The number of ether oxygens (including phenoxy) is 1. The van der Waals surface area contributed by atoms with E-state index in [4.69, 9.17) is 9.84 Å². The van der Waals surface area contributed by atoms with E-state index in [9.17, 15) is 4.79 Å². The van der Waals surface area contributed by atoms with E-state index in [-0.39, 0.29) is 5.92 Å². The molecule has 0 bridgehead atoms. The zero-order chi connectivity index (χ0) is 19.3. The van der Waals surface area contributed by atoms with E-state index in [0.717, 1.165) is 53.9 Å². The molecule has 2 N–H and O–H groups in total. The van der Waals surface area contributed by atoms with Gasteiger partial charge in [0.05, 0.1) is 17.8 Å². The summed E-state index contributed by atoms with van der Waals surface area (Å²) < 4.78 is 5.82. The van der Waals surface area contributed by atoms with Crippen LogP contribution in [0.5, 0.6) is 5.75 Å². The van der Waals surface area contributed by atoms with Gasteiger partial charge in [-0.15, -0.1) is 5.10 Å². The van der Waals surface area contributed by atoms with Gasteiger partial charge in [0.15, 0.2) is 0 Å². The lowest BCUT2D eigenvalue weighted by Gasteiger charge is -2.30. The van der Waals surface area contributed by atoms with Crippen LogP contribution >= 0.6 is 0 Å². The van der Waals surface area contributed by atoms with Crippen LogP contribution in [-0.4, -0.2) is 66.4 Å². The van der Waals surface area contributed by atoms with E-state index in [2.05, 4.69) is 30.6 Å². The van der Waals surface area contributed by atoms with E-state index < -0.39 is 6.09 Å². The molecule has 3 heterocycles. The molecule has 1 saturated heterocycles. The van der Waals surface area contributed by atoms with Crippen LogP contribution in [0.15, 0.2) is 24.5 Å². The van der Waals surface area contributed by atoms with Crippen LogP contribution in [0, 0.1) is 0 Å². The molecule has 0 spiro atoms. The average Bonchev–Trinajstić information content (AvgIpc) is 3.24. The minimum absolute atomic E-state index is 0.239. The summed E-state index contributed by atoms with van der Waals surface area (Å²) in [6, 6.07) is 5.84. The number of aromatic amines is 1. The number of benzene rings is 1. The van der Waals surface area contributed by atoms with Gasteiger partial charge >= 0.3 is 6.09 Å². The number of aromatic nitrogens is 6. The first-order valence-corrected chi connectivity index (χ1v) is 9.28. The summed E-state index contributed by atoms with van der Waals surface area (Å²) in [5, 5.41) is 23.8. The summed E-state index contributed by atoms with van der Waals surface area (Å²) in [7, 11) is 0. The highest BCUT2D eigenvalue weighted by Crippen LogP contribution is 2.32. The third-order valence-corrected chi connectivity index (χ3v) is 5.01. The van der Waals surface area contributed by atoms with Crippen LogP contribution in [0.4, 0.5) is 4.79 Å². The van der Waals surface area contributed by atoms with Gasteiger partial charge in [0.25, 0.3) is 0 Å². The molecule has 28 heavy (non-hydrogen) atoms. The minimum atomic E-state index is -0.854. The van der Waals surface area contributed by atoms with Crippen molar-refractivity contribution in [2.24, 2.45) is 0 Å². The maximum absolute atomic E-state index is 11.1. The molecule has 1 fully saturated rings. The predicted octanol–water partition coefficient (Wildman–Crippen LogP) is 2.01. The summed E-state index contributed by atoms with van der Waals surface area (Å²) in [4.78, 5) is 21.4. The van der Waals surface area contributed by atoms with Crippen LogP contribution in [0.25, 0.3) is 10.9 Å². The number of likely N-dealkylation sites (tertiary alicyclic amines) is 1. The molecule has 3 aromatic rings. The Labute approximate surface area is 160 Å². The van der Waals surface area contributed by atoms with E-state index in [1.165, 1.54) is 4.90 Å². The third kappa shape index (κ3) is 4.00. The molecule has 1 aliphatic heterocycles. The zero-order valence-electron chi connectivity index (χ0n) is 15.3.